The monoisotopic (exact) mass is 392 g/mol. The van der Waals surface area contributed by atoms with Crippen LogP contribution in [0.15, 0.2) is 59.1 Å². The van der Waals surface area contributed by atoms with Crippen molar-refractivity contribution in [2.45, 2.75) is 46.0 Å². The maximum absolute atomic E-state index is 12.2. The highest BCUT2D eigenvalue weighted by molar-refractivity contribution is 5.90. The minimum atomic E-state index is -0.0490. The molecule has 0 atom stereocenters. The molecule has 0 bridgehead atoms. The first kappa shape index (κ1) is 20.6. The largest absolute Gasteiger partial charge is 0.494 e. The molecule has 0 aliphatic heterocycles. The first-order valence-electron chi connectivity index (χ1n) is 10.2. The van der Waals surface area contributed by atoms with Crippen LogP contribution in [0.25, 0.3) is 11.3 Å². The molecule has 0 radical (unpaired) electrons. The van der Waals surface area contributed by atoms with E-state index in [1.54, 1.807) is 6.20 Å². The van der Waals surface area contributed by atoms with E-state index in [2.05, 4.69) is 29.4 Å². The quantitative estimate of drug-likeness (QED) is 0.484. The molecule has 1 amide bonds. The van der Waals surface area contributed by atoms with Gasteiger partial charge in [-0.1, -0.05) is 25.5 Å². The molecule has 152 valence electrons. The lowest BCUT2D eigenvalue weighted by atomic mass is 10.1. The molecule has 0 aliphatic rings. The van der Waals surface area contributed by atoms with E-state index >= 15 is 0 Å². The molecular formula is C24H28N2O3. The van der Waals surface area contributed by atoms with E-state index in [1.807, 2.05) is 43.3 Å². The molecular weight excluding hydrogens is 364 g/mol. The summed E-state index contributed by atoms with van der Waals surface area (Å²) in [6.45, 7) is 4.77. The summed E-state index contributed by atoms with van der Waals surface area (Å²) in [5, 5.41) is 2.93. The van der Waals surface area contributed by atoms with Gasteiger partial charge in [0, 0.05) is 24.1 Å². The van der Waals surface area contributed by atoms with Crippen LogP contribution in [-0.4, -0.2) is 17.5 Å². The SMILES string of the molecule is CCCCc1ccc(NC(=O)CCc2ncc(-c3ccc(OCC)cc3)o2)cc1. The van der Waals surface area contributed by atoms with Crippen LogP contribution in [0, 0.1) is 0 Å². The Morgan fingerprint density at radius 2 is 1.79 bits per heavy atom. The van der Waals surface area contributed by atoms with Gasteiger partial charge in [-0.15, -0.1) is 0 Å². The number of amides is 1. The number of nitrogens with one attached hydrogen (secondary N) is 1. The fourth-order valence-corrected chi connectivity index (χ4v) is 3.02. The summed E-state index contributed by atoms with van der Waals surface area (Å²) < 4.78 is 11.2. The van der Waals surface area contributed by atoms with Gasteiger partial charge in [0.1, 0.15) is 5.75 Å². The molecule has 0 saturated heterocycles. The van der Waals surface area contributed by atoms with E-state index < -0.39 is 0 Å². The third-order valence-electron chi connectivity index (χ3n) is 4.63. The Kier molecular flexibility index (Phi) is 7.45. The first-order valence-corrected chi connectivity index (χ1v) is 10.2. The van der Waals surface area contributed by atoms with Gasteiger partial charge < -0.3 is 14.5 Å². The molecule has 5 nitrogen and oxygen atoms in total. The number of unbranched alkanes of at least 4 members (excludes halogenated alkanes) is 1. The molecule has 0 saturated carbocycles. The van der Waals surface area contributed by atoms with E-state index in [9.17, 15) is 4.79 Å². The van der Waals surface area contributed by atoms with Crippen LogP contribution in [0.3, 0.4) is 0 Å². The second-order valence-electron chi connectivity index (χ2n) is 6.92. The predicted molar refractivity (Wildman–Crippen MR) is 115 cm³/mol. The van der Waals surface area contributed by atoms with Gasteiger partial charge in [-0.2, -0.15) is 0 Å². The molecule has 1 heterocycles. The predicted octanol–water partition coefficient (Wildman–Crippen LogP) is 5.65. The van der Waals surface area contributed by atoms with Crippen molar-refractivity contribution in [2.24, 2.45) is 0 Å². The Balaban J connectivity index is 1.49. The molecule has 5 heteroatoms. The van der Waals surface area contributed by atoms with Gasteiger partial charge >= 0.3 is 0 Å². The number of aryl methyl sites for hydroxylation is 2. The summed E-state index contributed by atoms with van der Waals surface area (Å²) in [5.74, 6) is 2.02. The van der Waals surface area contributed by atoms with Gasteiger partial charge in [0.05, 0.1) is 12.8 Å². The molecule has 0 aliphatic carbocycles. The summed E-state index contributed by atoms with van der Waals surface area (Å²) in [6.07, 6.45) is 5.90. The van der Waals surface area contributed by atoms with Crippen molar-refractivity contribution in [1.29, 1.82) is 0 Å². The fraction of sp³-hybridized carbons (Fsp3) is 0.333. The number of aromatic nitrogens is 1. The van der Waals surface area contributed by atoms with E-state index in [0.717, 1.165) is 23.4 Å². The lowest BCUT2D eigenvalue weighted by Gasteiger charge is -2.06. The van der Waals surface area contributed by atoms with Gasteiger partial charge in [0.2, 0.25) is 5.91 Å². The molecule has 0 fully saturated rings. The molecule has 29 heavy (non-hydrogen) atoms. The molecule has 0 unspecified atom stereocenters. The number of hydrogen-bond acceptors (Lipinski definition) is 4. The molecule has 2 aromatic carbocycles. The normalized spacial score (nSPS) is 10.7. The van der Waals surface area contributed by atoms with Crippen LogP contribution in [0.2, 0.25) is 0 Å². The second kappa shape index (κ2) is 10.5. The van der Waals surface area contributed by atoms with Gasteiger partial charge in [0.25, 0.3) is 0 Å². The minimum absolute atomic E-state index is 0.0490. The number of ether oxygens (including phenoxy) is 1. The molecule has 3 aromatic rings. The van der Waals surface area contributed by atoms with Crippen molar-refractivity contribution in [3.63, 3.8) is 0 Å². The lowest BCUT2D eigenvalue weighted by Crippen LogP contribution is -2.12. The number of carbonyl (C=O) groups excluding carboxylic acids is 1. The summed E-state index contributed by atoms with van der Waals surface area (Å²) in [7, 11) is 0. The maximum Gasteiger partial charge on any atom is 0.224 e. The van der Waals surface area contributed by atoms with E-state index in [4.69, 9.17) is 9.15 Å². The third-order valence-corrected chi connectivity index (χ3v) is 4.63. The summed E-state index contributed by atoms with van der Waals surface area (Å²) in [4.78, 5) is 16.5. The maximum atomic E-state index is 12.2. The van der Waals surface area contributed by atoms with Gasteiger partial charge in [-0.05, 0) is 61.7 Å². The van der Waals surface area contributed by atoms with E-state index in [1.165, 1.54) is 18.4 Å². The molecule has 3 rings (SSSR count). The van der Waals surface area contributed by atoms with Crippen molar-refractivity contribution >= 4 is 11.6 Å². The van der Waals surface area contributed by atoms with Crippen molar-refractivity contribution < 1.29 is 13.9 Å². The Morgan fingerprint density at radius 3 is 2.48 bits per heavy atom. The average molecular weight is 392 g/mol. The number of oxazole rings is 1. The lowest BCUT2D eigenvalue weighted by molar-refractivity contribution is -0.116. The van der Waals surface area contributed by atoms with Gasteiger partial charge in [0.15, 0.2) is 11.7 Å². The van der Waals surface area contributed by atoms with Crippen LogP contribution in [0.1, 0.15) is 44.6 Å². The van der Waals surface area contributed by atoms with Crippen molar-refractivity contribution in [3.05, 3.63) is 66.2 Å². The molecule has 1 N–H and O–H groups in total. The van der Waals surface area contributed by atoms with Crippen LogP contribution >= 0.6 is 0 Å². The highest BCUT2D eigenvalue weighted by Gasteiger charge is 2.10. The standard InChI is InChI=1S/C24H28N2O3/c1-3-5-6-18-7-11-20(12-8-18)26-23(27)15-16-24-25-17-22(29-24)19-9-13-21(14-10-19)28-4-2/h7-14,17H,3-6,15-16H2,1-2H3,(H,26,27). The zero-order valence-electron chi connectivity index (χ0n) is 17.1. The Labute approximate surface area is 172 Å². The molecule has 0 spiro atoms. The summed E-state index contributed by atoms with van der Waals surface area (Å²) in [6, 6.07) is 15.7. The summed E-state index contributed by atoms with van der Waals surface area (Å²) >= 11 is 0. The highest BCUT2D eigenvalue weighted by atomic mass is 16.5. The smallest absolute Gasteiger partial charge is 0.224 e. The van der Waals surface area contributed by atoms with Gasteiger partial charge in [-0.3, -0.25) is 4.79 Å². The third kappa shape index (κ3) is 6.21. The number of anilines is 1. The minimum Gasteiger partial charge on any atom is -0.494 e. The molecule has 1 aromatic heterocycles. The van der Waals surface area contributed by atoms with Crippen molar-refractivity contribution in [3.8, 4) is 17.1 Å². The number of carbonyl (C=O) groups is 1. The van der Waals surface area contributed by atoms with Crippen LogP contribution in [0.4, 0.5) is 5.69 Å². The topological polar surface area (TPSA) is 64.4 Å². The highest BCUT2D eigenvalue weighted by Crippen LogP contribution is 2.23. The van der Waals surface area contributed by atoms with Crippen LogP contribution in [-0.2, 0) is 17.6 Å². The fourth-order valence-electron chi connectivity index (χ4n) is 3.02. The summed E-state index contributed by atoms with van der Waals surface area (Å²) in [5.41, 5.74) is 3.05. The van der Waals surface area contributed by atoms with E-state index in [-0.39, 0.29) is 5.91 Å². The second-order valence-corrected chi connectivity index (χ2v) is 6.92. The first-order chi connectivity index (χ1) is 14.2. The number of hydrogen-bond donors (Lipinski definition) is 1. The van der Waals surface area contributed by atoms with Crippen molar-refractivity contribution in [1.82, 2.24) is 4.98 Å². The zero-order valence-corrected chi connectivity index (χ0v) is 17.1. The number of benzene rings is 2. The zero-order chi connectivity index (χ0) is 20.5. The Morgan fingerprint density at radius 1 is 1.03 bits per heavy atom. The van der Waals surface area contributed by atoms with E-state index in [0.29, 0.717) is 31.1 Å². The van der Waals surface area contributed by atoms with Crippen LogP contribution < -0.4 is 10.1 Å². The van der Waals surface area contributed by atoms with Crippen molar-refractivity contribution in [2.75, 3.05) is 11.9 Å². The number of rotatable bonds is 10. The Hall–Kier alpha value is -3.08. The Bertz CT molecular complexity index is 899. The van der Waals surface area contributed by atoms with Gasteiger partial charge in [-0.25, -0.2) is 4.98 Å². The van der Waals surface area contributed by atoms with Crippen LogP contribution in [0.5, 0.6) is 5.75 Å². The number of nitrogens with zero attached hydrogens (tertiary/aromatic N) is 1. The average Bonchev–Trinajstić information content (AvgIpc) is 3.22.